The van der Waals surface area contributed by atoms with Crippen LogP contribution in [0.25, 0.3) is 0 Å². The minimum atomic E-state index is 0.0258. The molecule has 0 saturated carbocycles. The summed E-state index contributed by atoms with van der Waals surface area (Å²) in [6, 6.07) is 4.44. The first-order chi connectivity index (χ1) is 10.7. The van der Waals surface area contributed by atoms with Crippen LogP contribution < -0.4 is 4.90 Å². The molecular weight excluding hydrogens is 314 g/mol. The molecule has 2 aromatic rings. The summed E-state index contributed by atoms with van der Waals surface area (Å²) in [6.07, 6.45) is 1.87. The van der Waals surface area contributed by atoms with Gasteiger partial charge in [-0.15, -0.1) is 22.7 Å². The van der Waals surface area contributed by atoms with Gasteiger partial charge < -0.3 is 10.0 Å². The highest BCUT2D eigenvalue weighted by molar-refractivity contribution is 7.13. The van der Waals surface area contributed by atoms with Crippen LogP contribution in [0, 0.1) is 18.3 Å². The first-order valence-electron chi connectivity index (χ1n) is 7.71. The number of hydrogen-bond donors (Lipinski definition) is 1. The van der Waals surface area contributed by atoms with E-state index in [1.807, 2.05) is 22.9 Å². The van der Waals surface area contributed by atoms with E-state index in [1.165, 1.54) is 9.75 Å². The smallest absolute Gasteiger partial charge is 0.185 e. The van der Waals surface area contributed by atoms with E-state index in [1.54, 1.807) is 11.3 Å². The summed E-state index contributed by atoms with van der Waals surface area (Å²) < 4.78 is 0. The van der Waals surface area contributed by atoms with E-state index >= 15 is 0 Å². The predicted molar refractivity (Wildman–Crippen MR) is 91.7 cm³/mol. The molecule has 2 saturated heterocycles. The van der Waals surface area contributed by atoms with Crippen molar-refractivity contribution in [1.29, 1.82) is 0 Å². The van der Waals surface area contributed by atoms with Gasteiger partial charge in [-0.3, -0.25) is 4.90 Å². The fourth-order valence-corrected chi connectivity index (χ4v) is 5.53. The summed E-state index contributed by atoms with van der Waals surface area (Å²) in [6.45, 7) is 7.49. The van der Waals surface area contributed by atoms with Gasteiger partial charge in [0.2, 0.25) is 0 Å². The zero-order valence-electron chi connectivity index (χ0n) is 12.7. The Morgan fingerprint density at radius 2 is 2.27 bits per heavy atom. The predicted octanol–water partition coefficient (Wildman–Crippen LogP) is 2.44. The lowest BCUT2D eigenvalue weighted by atomic mass is 9.82. The molecule has 2 atom stereocenters. The van der Waals surface area contributed by atoms with E-state index in [2.05, 4.69) is 33.8 Å². The topological polar surface area (TPSA) is 39.6 Å². The highest BCUT2D eigenvalue weighted by Crippen LogP contribution is 2.44. The number of aliphatic hydroxyl groups is 1. The highest BCUT2D eigenvalue weighted by atomic mass is 32.1. The third kappa shape index (κ3) is 2.48. The molecule has 0 bridgehead atoms. The summed E-state index contributed by atoms with van der Waals surface area (Å²) in [7, 11) is 0. The molecule has 2 aliphatic heterocycles. The summed E-state index contributed by atoms with van der Waals surface area (Å²) in [5.41, 5.74) is 0.0258. The maximum Gasteiger partial charge on any atom is 0.185 e. The van der Waals surface area contributed by atoms with Gasteiger partial charge >= 0.3 is 0 Å². The lowest BCUT2D eigenvalue weighted by Crippen LogP contribution is -2.37. The monoisotopic (exact) mass is 335 g/mol. The van der Waals surface area contributed by atoms with Gasteiger partial charge in [0, 0.05) is 59.5 Å². The number of aryl methyl sites for hydroxylation is 1. The normalized spacial score (nSPS) is 28.5. The van der Waals surface area contributed by atoms with Crippen LogP contribution in [0.4, 0.5) is 5.13 Å². The average molecular weight is 335 g/mol. The number of thiophene rings is 1. The molecule has 4 rings (SSSR count). The second-order valence-electron chi connectivity index (χ2n) is 6.59. The first kappa shape index (κ1) is 14.6. The Labute approximate surface area is 139 Å². The molecule has 2 fully saturated rings. The molecule has 0 aliphatic carbocycles. The Hall–Kier alpha value is -0.950. The Morgan fingerprint density at radius 1 is 1.36 bits per heavy atom. The van der Waals surface area contributed by atoms with E-state index in [0.717, 1.165) is 37.9 Å². The van der Waals surface area contributed by atoms with Crippen molar-refractivity contribution in [2.24, 2.45) is 11.3 Å². The molecule has 4 nitrogen and oxygen atoms in total. The Bertz CT molecular complexity index is 642. The molecule has 22 heavy (non-hydrogen) atoms. The quantitative estimate of drug-likeness (QED) is 0.932. The first-order valence-corrected chi connectivity index (χ1v) is 9.41. The van der Waals surface area contributed by atoms with Gasteiger partial charge in [0.15, 0.2) is 5.13 Å². The molecule has 0 aromatic carbocycles. The van der Waals surface area contributed by atoms with Crippen LogP contribution in [-0.2, 0) is 6.54 Å². The number of anilines is 1. The van der Waals surface area contributed by atoms with Crippen LogP contribution in [0.1, 0.15) is 9.75 Å². The maximum atomic E-state index is 10.1. The molecule has 4 heterocycles. The number of fused-ring (bicyclic) bond motifs is 1. The third-order valence-corrected chi connectivity index (χ3v) is 6.83. The molecule has 0 radical (unpaired) electrons. The van der Waals surface area contributed by atoms with Crippen LogP contribution >= 0.6 is 22.7 Å². The van der Waals surface area contributed by atoms with E-state index in [9.17, 15) is 5.11 Å². The van der Waals surface area contributed by atoms with Crippen molar-refractivity contribution in [2.45, 2.75) is 13.5 Å². The van der Waals surface area contributed by atoms with Crippen molar-refractivity contribution in [3.63, 3.8) is 0 Å². The lowest BCUT2D eigenvalue weighted by Gasteiger charge is -2.27. The summed E-state index contributed by atoms with van der Waals surface area (Å²) in [5, 5.41) is 13.2. The summed E-state index contributed by atoms with van der Waals surface area (Å²) >= 11 is 3.58. The van der Waals surface area contributed by atoms with E-state index in [-0.39, 0.29) is 12.0 Å². The molecule has 0 spiro atoms. The van der Waals surface area contributed by atoms with Crippen LogP contribution in [0.5, 0.6) is 0 Å². The Balaban J connectivity index is 1.47. The standard InChI is InChI=1S/C16H21N3OS2/c1-12-2-3-14(22-12)8-18-6-13-7-19(15-17-4-5-21-15)10-16(13,9-18)11-20/h2-5,13,20H,6-11H2,1H3. The molecule has 2 aromatic heterocycles. The van der Waals surface area contributed by atoms with Crippen molar-refractivity contribution in [3.05, 3.63) is 33.5 Å². The average Bonchev–Trinajstić information content (AvgIpc) is 3.22. The minimum absolute atomic E-state index is 0.0258. The Morgan fingerprint density at radius 3 is 2.91 bits per heavy atom. The maximum absolute atomic E-state index is 10.1. The van der Waals surface area contributed by atoms with Crippen LogP contribution in [-0.4, -0.2) is 47.8 Å². The molecule has 2 unspecified atom stereocenters. The molecule has 118 valence electrons. The molecular formula is C16H21N3OS2. The van der Waals surface area contributed by atoms with Crippen LogP contribution in [0.15, 0.2) is 23.7 Å². The minimum Gasteiger partial charge on any atom is -0.396 e. The number of rotatable bonds is 4. The molecule has 0 amide bonds. The highest BCUT2D eigenvalue weighted by Gasteiger charge is 2.52. The third-order valence-electron chi connectivity index (χ3n) is 5.01. The van der Waals surface area contributed by atoms with Crippen LogP contribution in [0.3, 0.4) is 0 Å². The number of hydrogen-bond acceptors (Lipinski definition) is 6. The summed E-state index contributed by atoms with van der Waals surface area (Å²) in [5.74, 6) is 0.544. The number of thiazole rings is 1. The van der Waals surface area contributed by atoms with Gasteiger partial charge in [-0.1, -0.05) is 0 Å². The van der Waals surface area contributed by atoms with Crippen LogP contribution in [0.2, 0.25) is 0 Å². The number of aromatic nitrogens is 1. The van der Waals surface area contributed by atoms with E-state index < -0.39 is 0 Å². The SMILES string of the molecule is Cc1ccc(CN2CC3CN(c4nccs4)CC3(CO)C2)s1. The van der Waals surface area contributed by atoms with Crippen molar-refractivity contribution in [3.8, 4) is 0 Å². The van der Waals surface area contributed by atoms with Gasteiger partial charge in [0.05, 0.1) is 6.61 Å². The van der Waals surface area contributed by atoms with Crippen molar-refractivity contribution in [1.82, 2.24) is 9.88 Å². The van der Waals surface area contributed by atoms with Crippen molar-refractivity contribution in [2.75, 3.05) is 37.7 Å². The molecule has 2 aliphatic rings. The number of aliphatic hydroxyl groups excluding tert-OH is 1. The van der Waals surface area contributed by atoms with Gasteiger partial charge in [-0.25, -0.2) is 4.98 Å². The van der Waals surface area contributed by atoms with Gasteiger partial charge in [-0.05, 0) is 25.0 Å². The molecule has 1 N–H and O–H groups in total. The fraction of sp³-hybridized carbons (Fsp3) is 0.562. The van der Waals surface area contributed by atoms with Gasteiger partial charge in [0.25, 0.3) is 0 Å². The second-order valence-corrected chi connectivity index (χ2v) is 8.84. The van der Waals surface area contributed by atoms with E-state index in [0.29, 0.717) is 5.92 Å². The fourth-order valence-electron chi connectivity index (χ4n) is 3.94. The second kappa shape index (κ2) is 5.60. The van der Waals surface area contributed by atoms with Crippen molar-refractivity contribution < 1.29 is 5.11 Å². The number of likely N-dealkylation sites (tertiary alicyclic amines) is 1. The Kier molecular flexibility index (Phi) is 3.72. The number of nitrogens with zero attached hydrogens (tertiary/aromatic N) is 3. The largest absolute Gasteiger partial charge is 0.396 e. The van der Waals surface area contributed by atoms with Crippen molar-refractivity contribution >= 4 is 27.8 Å². The van der Waals surface area contributed by atoms with E-state index in [4.69, 9.17) is 0 Å². The van der Waals surface area contributed by atoms with Gasteiger partial charge in [-0.2, -0.15) is 0 Å². The zero-order valence-corrected chi connectivity index (χ0v) is 14.4. The van der Waals surface area contributed by atoms with Gasteiger partial charge in [0.1, 0.15) is 0 Å². The molecule has 6 heteroatoms. The summed E-state index contributed by atoms with van der Waals surface area (Å²) in [4.78, 5) is 12.1. The lowest BCUT2D eigenvalue weighted by molar-refractivity contribution is 0.125. The zero-order chi connectivity index (χ0) is 15.2.